The fraction of sp³-hybridized carbons (Fsp3) is 0.545. The highest BCUT2D eigenvalue weighted by atomic mass is 32.2. The third kappa shape index (κ3) is 2.71. The van der Waals surface area contributed by atoms with Gasteiger partial charge in [-0.2, -0.15) is 4.31 Å². The Hall–Kier alpha value is -1.22. The number of anilines is 1. The van der Waals surface area contributed by atoms with Crippen molar-refractivity contribution in [1.82, 2.24) is 9.29 Å². The molecule has 8 heteroatoms. The molecule has 7 nitrogen and oxygen atoms in total. The van der Waals surface area contributed by atoms with Crippen molar-refractivity contribution in [2.24, 2.45) is 0 Å². The largest absolute Gasteiger partial charge is 0.395 e. The Morgan fingerprint density at radius 3 is 3.11 bits per heavy atom. The van der Waals surface area contributed by atoms with Gasteiger partial charge in [0.25, 0.3) is 0 Å². The topological polar surface area (TPSA) is 91.8 Å². The number of hydrogen-bond acceptors (Lipinski definition) is 6. The third-order valence-corrected chi connectivity index (χ3v) is 5.00. The first-order chi connectivity index (χ1) is 9.11. The summed E-state index contributed by atoms with van der Waals surface area (Å²) in [5.41, 5.74) is 0.484. The van der Waals surface area contributed by atoms with Crippen LogP contribution < -0.4 is 5.32 Å². The van der Waals surface area contributed by atoms with Gasteiger partial charge in [0.2, 0.25) is 10.0 Å². The van der Waals surface area contributed by atoms with Crippen molar-refractivity contribution < 1.29 is 18.3 Å². The molecule has 1 aromatic heterocycles. The van der Waals surface area contributed by atoms with Gasteiger partial charge in [-0.1, -0.05) is 0 Å². The van der Waals surface area contributed by atoms with Crippen LogP contribution in [0.15, 0.2) is 23.4 Å². The van der Waals surface area contributed by atoms with Gasteiger partial charge < -0.3 is 15.2 Å². The van der Waals surface area contributed by atoms with Gasteiger partial charge >= 0.3 is 0 Å². The number of ether oxygens (including phenoxy) is 1. The predicted molar refractivity (Wildman–Crippen MR) is 69.4 cm³/mol. The van der Waals surface area contributed by atoms with E-state index in [1.165, 1.54) is 16.7 Å². The van der Waals surface area contributed by atoms with E-state index in [9.17, 15) is 13.5 Å². The second-order valence-corrected chi connectivity index (χ2v) is 6.01. The molecule has 106 valence electrons. The zero-order valence-electron chi connectivity index (χ0n) is 10.6. The van der Waals surface area contributed by atoms with Crippen molar-refractivity contribution in [3.63, 3.8) is 0 Å². The summed E-state index contributed by atoms with van der Waals surface area (Å²) in [5.74, 6) is 0. The predicted octanol–water partition coefficient (Wildman–Crippen LogP) is -0.495. The molecular formula is C11H17N3O4S. The van der Waals surface area contributed by atoms with E-state index in [1.807, 2.05) is 0 Å². The average molecular weight is 287 g/mol. The summed E-state index contributed by atoms with van der Waals surface area (Å²) in [7, 11) is -2.05. The summed E-state index contributed by atoms with van der Waals surface area (Å²) < 4.78 is 31.7. The molecule has 1 saturated heterocycles. The van der Waals surface area contributed by atoms with Crippen LogP contribution in [-0.4, -0.2) is 62.3 Å². The average Bonchev–Trinajstić information content (AvgIpc) is 2.47. The van der Waals surface area contributed by atoms with Crippen molar-refractivity contribution in [1.29, 1.82) is 0 Å². The van der Waals surface area contributed by atoms with Gasteiger partial charge in [0.05, 0.1) is 31.5 Å². The molecule has 0 amide bonds. The summed E-state index contributed by atoms with van der Waals surface area (Å²) in [6.45, 7) is 0.482. The van der Waals surface area contributed by atoms with Gasteiger partial charge in [0.15, 0.2) is 0 Å². The van der Waals surface area contributed by atoms with Crippen LogP contribution in [0.5, 0.6) is 0 Å². The highest BCUT2D eigenvalue weighted by molar-refractivity contribution is 7.89. The van der Waals surface area contributed by atoms with Crippen LogP contribution in [0.1, 0.15) is 0 Å². The standard InChI is InChI=1S/C11H17N3O4S/c1-12-10-2-3-13-6-11(10)19(16,17)14-4-5-18-8-9(14)7-15/h2-3,6,9,15H,4-5,7-8H2,1H3,(H,12,13). The Morgan fingerprint density at radius 1 is 1.63 bits per heavy atom. The van der Waals surface area contributed by atoms with E-state index in [4.69, 9.17) is 4.74 Å². The van der Waals surface area contributed by atoms with Crippen molar-refractivity contribution in [3.05, 3.63) is 18.5 Å². The minimum absolute atomic E-state index is 0.109. The van der Waals surface area contributed by atoms with Crippen LogP contribution in [0.25, 0.3) is 0 Å². The number of aromatic nitrogens is 1. The fourth-order valence-electron chi connectivity index (χ4n) is 2.02. The van der Waals surface area contributed by atoms with E-state index in [1.54, 1.807) is 13.1 Å². The van der Waals surface area contributed by atoms with Crippen molar-refractivity contribution in [2.45, 2.75) is 10.9 Å². The molecule has 0 aliphatic carbocycles. The maximum absolute atomic E-state index is 12.6. The number of hydrogen-bond donors (Lipinski definition) is 2. The van der Waals surface area contributed by atoms with Crippen LogP contribution in [0.4, 0.5) is 5.69 Å². The smallest absolute Gasteiger partial charge is 0.247 e. The lowest BCUT2D eigenvalue weighted by Crippen LogP contribution is -2.50. The summed E-state index contributed by atoms with van der Waals surface area (Å²) >= 11 is 0. The number of rotatable bonds is 4. The number of aliphatic hydroxyl groups is 1. The molecule has 19 heavy (non-hydrogen) atoms. The number of sulfonamides is 1. The van der Waals surface area contributed by atoms with E-state index in [2.05, 4.69) is 10.3 Å². The van der Waals surface area contributed by atoms with Crippen LogP contribution in [0.2, 0.25) is 0 Å². The number of nitrogens with one attached hydrogen (secondary N) is 1. The number of pyridine rings is 1. The Kier molecular flexibility index (Phi) is 4.35. The second kappa shape index (κ2) is 5.83. The van der Waals surface area contributed by atoms with E-state index < -0.39 is 16.1 Å². The molecule has 1 aliphatic rings. The molecule has 0 spiro atoms. The molecule has 0 radical (unpaired) electrons. The molecule has 1 atom stereocenters. The molecule has 1 aliphatic heterocycles. The zero-order chi connectivity index (χ0) is 13.9. The first-order valence-electron chi connectivity index (χ1n) is 5.93. The molecule has 1 unspecified atom stereocenters. The van der Waals surface area contributed by atoms with Crippen molar-refractivity contribution >= 4 is 15.7 Å². The van der Waals surface area contributed by atoms with Gasteiger partial charge in [0, 0.05) is 26.0 Å². The molecule has 0 bridgehead atoms. The van der Waals surface area contributed by atoms with E-state index in [-0.39, 0.29) is 24.7 Å². The lowest BCUT2D eigenvalue weighted by molar-refractivity contribution is 0.0109. The van der Waals surface area contributed by atoms with Gasteiger partial charge in [-0.15, -0.1) is 0 Å². The first kappa shape index (κ1) is 14.2. The monoisotopic (exact) mass is 287 g/mol. The maximum Gasteiger partial charge on any atom is 0.247 e. The number of aliphatic hydroxyl groups excluding tert-OH is 1. The van der Waals surface area contributed by atoms with E-state index in [0.717, 1.165) is 0 Å². The lowest BCUT2D eigenvalue weighted by Gasteiger charge is -2.33. The fourth-order valence-corrected chi connectivity index (χ4v) is 3.75. The highest BCUT2D eigenvalue weighted by Gasteiger charge is 2.35. The SMILES string of the molecule is CNc1ccncc1S(=O)(=O)N1CCOCC1CO. The van der Waals surface area contributed by atoms with Gasteiger partial charge in [-0.05, 0) is 6.07 Å². The molecular weight excluding hydrogens is 270 g/mol. The van der Waals surface area contributed by atoms with Crippen LogP contribution in [-0.2, 0) is 14.8 Å². The summed E-state index contributed by atoms with van der Waals surface area (Å²) in [6.07, 6.45) is 2.83. The number of nitrogens with zero attached hydrogens (tertiary/aromatic N) is 2. The molecule has 2 N–H and O–H groups in total. The van der Waals surface area contributed by atoms with Crippen molar-refractivity contribution in [2.75, 3.05) is 38.7 Å². The lowest BCUT2D eigenvalue weighted by atomic mass is 10.3. The summed E-state index contributed by atoms with van der Waals surface area (Å²) in [5, 5.41) is 12.1. The first-order valence-corrected chi connectivity index (χ1v) is 7.37. The van der Waals surface area contributed by atoms with Crippen LogP contribution in [0.3, 0.4) is 0 Å². The third-order valence-electron chi connectivity index (χ3n) is 3.02. The minimum atomic E-state index is -3.70. The Labute approximate surface area is 112 Å². The Balaban J connectivity index is 2.40. The molecule has 0 aromatic carbocycles. The van der Waals surface area contributed by atoms with Crippen molar-refractivity contribution in [3.8, 4) is 0 Å². The van der Waals surface area contributed by atoms with Gasteiger partial charge in [0.1, 0.15) is 4.90 Å². The zero-order valence-corrected chi connectivity index (χ0v) is 11.4. The van der Waals surface area contributed by atoms with Gasteiger partial charge in [-0.25, -0.2) is 8.42 Å². The quantitative estimate of drug-likeness (QED) is 0.776. The molecule has 1 fully saturated rings. The highest BCUT2D eigenvalue weighted by Crippen LogP contribution is 2.25. The summed E-state index contributed by atoms with van der Waals surface area (Å²) in [6, 6.07) is 1.05. The Bertz CT molecular complexity index is 534. The van der Waals surface area contributed by atoms with E-state index >= 15 is 0 Å². The number of morpholine rings is 1. The molecule has 2 rings (SSSR count). The summed E-state index contributed by atoms with van der Waals surface area (Å²) in [4.78, 5) is 3.97. The second-order valence-electron chi connectivity index (χ2n) is 4.15. The molecule has 0 saturated carbocycles. The van der Waals surface area contributed by atoms with Crippen LogP contribution >= 0.6 is 0 Å². The van der Waals surface area contributed by atoms with Crippen LogP contribution in [0, 0.1) is 0 Å². The molecule has 2 heterocycles. The Morgan fingerprint density at radius 2 is 2.42 bits per heavy atom. The molecule has 1 aromatic rings. The van der Waals surface area contributed by atoms with Gasteiger partial charge in [-0.3, -0.25) is 4.98 Å². The minimum Gasteiger partial charge on any atom is -0.395 e. The normalized spacial score (nSPS) is 21.3. The maximum atomic E-state index is 12.6. The van der Waals surface area contributed by atoms with E-state index in [0.29, 0.717) is 12.3 Å².